The van der Waals surface area contributed by atoms with Crippen LogP contribution in [-0.2, 0) is 30.1 Å². The van der Waals surface area contributed by atoms with Crippen molar-refractivity contribution >= 4 is 38.9 Å². The first-order chi connectivity index (χ1) is 15.4. The van der Waals surface area contributed by atoms with Crippen molar-refractivity contribution < 1.29 is 22.7 Å². The lowest BCUT2D eigenvalue weighted by Gasteiger charge is -2.32. The summed E-state index contributed by atoms with van der Waals surface area (Å²) in [4.78, 5) is 15.1. The highest BCUT2D eigenvalue weighted by atomic mass is 35.5. The van der Waals surface area contributed by atoms with Gasteiger partial charge < -0.3 is 9.47 Å². The third kappa shape index (κ3) is 3.06. The van der Waals surface area contributed by atoms with E-state index in [-0.39, 0.29) is 34.4 Å². The second kappa shape index (κ2) is 7.83. The molecule has 32 heavy (non-hydrogen) atoms. The summed E-state index contributed by atoms with van der Waals surface area (Å²) in [7, 11) is -3.72. The number of fused-ring (bicyclic) bond motifs is 2. The van der Waals surface area contributed by atoms with Crippen molar-refractivity contribution in [1.82, 2.24) is 4.31 Å². The van der Waals surface area contributed by atoms with E-state index in [2.05, 4.69) is 0 Å². The molecule has 5 rings (SSSR count). The number of benzene rings is 2. The van der Waals surface area contributed by atoms with E-state index in [1.165, 1.54) is 21.3 Å². The Bertz CT molecular complexity index is 1240. The van der Waals surface area contributed by atoms with Crippen LogP contribution in [0, 0.1) is 11.3 Å². The number of nitrogens with zero attached hydrogens (tertiary/aromatic N) is 3. The highest BCUT2D eigenvalue weighted by molar-refractivity contribution is 7.89. The Morgan fingerprint density at radius 1 is 1.03 bits per heavy atom. The fourth-order valence-corrected chi connectivity index (χ4v) is 6.20. The molecule has 8 nitrogen and oxygen atoms in total. The molecule has 166 valence electrons. The quantitative estimate of drug-likeness (QED) is 0.678. The van der Waals surface area contributed by atoms with Gasteiger partial charge in [-0.1, -0.05) is 17.7 Å². The van der Waals surface area contributed by atoms with Crippen molar-refractivity contribution in [2.75, 3.05) is 31.2 Å². The molecular weight excluding hydrogens is 454 g/mol. The molecule has 0 unspecified atom stereocenters. The number of nitriles is 1. The molecule has 3 aliphatic heterocycles. The molecule has 0 bridgehead atoms. The Morgan fingerprint density at radius 3 is 2.44 bits per heavy atom. The lowest BCUT2D eigenvalue weighted by atomic mass is 10.1. The standard InChI is InChI=1S/C22H20ClN3O5S/c23-18-5-3-6-19(16(18)14-24)26-20-8-7-15(32(28,29)25-9-1-2-10-25)13-17(20)22(21(26)27)30-11-4-12-31-22/h3,5-8,13H,1-2,4,9-12H2. The average Bonchev–Trinajstić information content (AvgIpc) is 3.42. The predicted octanol–water partition coefficient (Wildman–Crippen LogP) is 3.26. The monoisotopic (exact) mass is 473 g/mol. The fourth-order valence-electron chi connectivity index (χ4n) is 4.44. The second-order valence-corrected chi connectivity index (χ2v) is 10.2. The molecule has 0 N–H and O–H groups in total. The van der Waals surface area contributed by atoms with Crippen molar-refractivity contribution in [3.63, 3.8) is 0 Å². The first-order valence-electron chi connectivity index (χ1n) is 10.4. The van der Waals surface area contributed by atoms with Crippen LogP contribution in [0.3, 0.4) is 0 Å². The van der Waals surface area contributed by atoms with Gasteiger partial charge in [0.15, 0.2) is 0 Å². The van der Waals surface area contributed by atoms with Gasteiger partial charge in [0.25, 0.3) is 11.7 Å². The second-order valence-electron chi connectivity index (χ2n) is 7.84. The summed E-state index contributed by atoms with van der Waals surface area (Å²) in [5.41, 5.74) is 1.13. The van der Waals surface area contributed by atoms with Gasteiger partial charge in [-0.15, -0.1) is 0 Å². The van der Waals surface area contributed by atoms with Crippen LogP contribution in [0.2, 0.25) is 5.02 Å². The zero-order valence-electron chi connectivity index (χ0n) is 17.1. The van der Waals surface area contributed by atoms with Crippen LogP contribution in [-0.4, -0.2) is 44.9 Å². The number of carbonyl (C=O) groups excluding carboxylic acids is 1. The van der Waals surface area contributed by atoms with Crippen LogP contribution in [0.15, 0.2) is 41.3 Å². The summed E-state index contributed by atoms with van der Waals surface area (Å²) in [6.07, 6.45) is 2.24. The number of ether oxygens (including phenoxy) is 2. The van der Waals surface area contributed by atoms with Gasteiger partial charge in [-0.25, -0.2) is 8.42 Å². The van der Waals surface area contributed by atoms with Crippen molar-refractivity contribution in [1.29, 1.82) is 5.26 Å². The van der Waals surface area contributed by atoms with Crippen LogP contribution >= 0.6 is 11.6 Å². The summed E-state index contributed by atoms with van der Waals surface area (Å²) in [5.74, 6) is -2.30. The molecule has 1 amide bonds. The third-order valence-electron chi connectivity index (χ3n) is 5.99. The van der Waals surface area contributed by atoms with Gasteiger partial charge >= 0.3 is 0 Å². The molecule has 2 aromatic rings. The number of halogens is 1. The molecule has 0 saturated carbocycles. The van der Waals surface area contributed by atoms with Crippen LogP contribution < -0.4 is 4.90 Å². The molecule has 2 aromatic carbocycles. The molecule has 1 spiro atoms. The zero-order valence-corrected chi connectivity index (χ0v) is 18.7. The van der Waals surface area contributed by atoms with E-state index < -0.39 is 21.7 Å². The summed E-state index contributed by atoms with van der Waals surface area (Å²) >= 11 is 6.21. The van der Waals surface area contributed by atoms with Crippen molar-refractivity contribution in [3.05, 3.63) is 52.5 Å². The average molecular weight is 474 g/mol. The predicted molar refractivity (Wildman–Crippen MR) is 116 cm³/mol. The van der Waals surface area contributed by atoms with Crippen LogP contribution in [0.5, 0.6) is 0 Å². The van der Waals surface area contributed by atoms with Gasteiger partial charge in [0, 0.05) is 18.7 Å². The van der Waals surface area contributed by atoms with Crippen molar-refractivity contribution in [2.45, 2.75) is 29.9 Å². The number of hydrogen-bond donors (Lipinski definition) is 0. The minimum atomic E-state index is -3.72. The maximum Gasteiger partial charge on any atom is 0.297 e. The molecule has 10 heteroatoms. The smallest absolute Gasteiger partial charge is 0.297 e. The van der Waals surface area contributed by atoms with Crippen LogP contribution in [0.25, 0.3) is 0 Å². The van der Waals surface area contributed by atoms with Crippen molar-refractivity contribution in [3.8, 4) is 6.07 Å². The first kappa shape index (κ1) is 21.4. The van der Waals surface area contributed by atoms with E-state index in [1.807, 2.05) is 6.07 Å². The minimum absolute atomic E-state index is 0.0801. The summed E-state index contributed by atoms with van der Waals surface area (Å²) in [5, 5.41) is 9.86. The maximum absolute atomic E-state index is 13.7. The number of sulfonamides is 1. The largest absolute Gasteiger partial charge is 0.338 e. The Balaban J connectivity index is 1.70. The van der Waals surface area contributed by atoms with E-state index in [0.29, 0.717) is 30.8 Å². The van der Waals surface area contributed by atoms with Crippen LogP contribution in [0.4, 0.5) is 11.4 Å². The molecule has 2 saturated heterocycles. The number of rotatable bonds is 3. The lowest BCUT2D eigenvalue weighted by Crippen LogP contribution is -2.46. The van der Waals surface area contributed by atoms with Gasteiger partial charge in [0.1, 0.15) is 6.07 Å². The SMILES string of the molecule is N#Cc1c(Cl)cccc1N1C(=O)C2(OCCCO2)c2cc(S(=O)(=O)N3CCCC3)ccc21. The lowest BCUT2D eigenvalue weighted by molar-refractivity contribution is -0.256. The molecule has 3 aliphatic rings. The van der Waals surface area contributed by atoms with Gasteiger partial charge in [0.05, 0.1) is 40.1 Å². The zero-order chi connectivity index (χ0) is 22.5. The highest BCUT2D eigenvalue weighted by Gasteiger charge is 2.56. The number of hydrogen-bond acceptors (Lipinski definition) is 6. The Morgan fingerprint density at radius 2 is 1.75 bits per heavy atom. The molecule has 2 fully saturated rings. The Labute approximate surface area is 190 Å². The van der Waals surface area contributed by atoms with Gasteiger partial charge in [-0.3, -0.25) is 9.69 Å². The first-order valence-corrected chi connectivity index (χ1v) is 12.2. The van der Waals surface area contributed by atoms with Crippen LogP contribution in [0.1, 0.15) is 30.4 Å². The maximum atomic E-state index is 13.7. The van der Waals surface area contributed by atoms with E-state index in [0.717, 1.165) is 12.8 Å². The minimum Gasteiger partial charge on any atom is -0.338 e. The van der Waals surface area contributed by atoms with E-state index in [1.54, 1.807) is 24.3 Å². The molecule has 3 heterocycles. The van der Waals surface area contributed by atoms with Gasteiger partial charge in [0.2, 0.25) is 10.0 Å². The fraction of sp³-hybridized carbons (Fsp3) is 0.364. The Hall–Kier alpha value is -2.48. The van der Waals surface area contributed by atoms with Gasteiger partial charge in [-0.05, 0) is 49.6 Å². The number of anilines is 2. The summed E-state index contributed by atoms with van der Waals surface area (Å²) < 4.78 is 39.5. The normalized spacial score (nSPS) is 20.5. The summed E-state index contributed by atoms with van der Waals surface area (Å²) in [6, 6.07) is 11.4. The number of carbonyl (C=O) groups is 1. The van der Waals surface area contributed by atoms with E-state index in [4.69, 9.17) is 21.1 Å². The number of amides is 1. The molecule has 0 radical (unpaired) electrons. The third-order valence-corrected chi connectivity index (χ3v) is 8.20. The van der Waals surface area contributed by atoms with Gasteiger partial charge in [-0.2, -0.15) is 9.57 Å². The molecular formula is C22H20ClN3O5S. The summed E-state index contributed by atoms with van der Waals surface area (Å²) in [6.45, 7) is 1.50. The topological polar surface area (TPSA) is 99.9 Å². The van der Waals surface area contributed by atoms with Crippen molar-refractivity contribution in [2.24, 2.45) is 0 Å². The highest BCUT2D eigenvalue weighted by Crippen LogP contribution is 2.50. The van der Waals surface area contributed by atoms with E-state index in [9.17, 15) is 18.5 Å². The molecule has 0 aromatic heterocycles. The molecule has 0 aliphatic carbocycles. The van der Waals surface area contributed by atoms with E-state index >= 15 is 0 Å². The Kier molecular flexibility index (Phi) is 5.23. The molecule has 0 atom stereocenters.